The number of carbonyl (C=O) groups excluding carboxylic acids is 1. The van der Waals surface area contributed by atoms with Crippen LogP contribution in [0.1, 0.15) is 37.6 Å². The highest BCUT2D eigenvalue weighted by Gasteiger charge is 2.32. The molecule has 2 atom stereocenters. The molecule has 0 aliphatic carbocycles. The molecule has 1 fully saturated rings. The van der Waals surface area contributed by atoms with E-state index in [4.69, 9.17) is 0 Å². The summed E-state index contributed by atoms with van der Waals surface area (Å²) in [5.41, 5.74) is 1.45. The lowest BCUT2D eigenvalue weighted by atomic mass is 9.94. The minimum Gasteiger partial charge on any atom is -0.378 e. The third kappa shape index (κ3) is 6.51. The Balaban J connectivity index is 1.43. The maximum atomic E-state index is 13.3. The molecule has 0 spiro atoms. The Morgan fingerprint density at radius 1 is 0.872 bits per heavy atom. The van der Waals surface area contributed by atoms with E-state index in [1.54, 1.807) is 55.5 Å². The second kappa shape index (κ2) is 11.9. The number of sulfonamides is 2. The molecule has 0 radical (unpaired) electrons. The van der Waals surface area contributed by atoms with Crippen molar-refractivity contribution in [2.75, 3.05) is 35.8 Å². The minimum atomic E-state index is -3.75. The number of hydrogen-bond acceptors (Lipinski definition) is 6. The highest BCUT2D eigenvalue weighted by atomic mass is 32.2. The molecular formula is C29H35N3O5S2. The summed E-state index contributed by atoms with van der Waals surface area (Å²) in [6.45, 7) is 7.03. The summed E-state index contributed by atoms with van der Waals surface area (Å²) in [7, 11) is -7.45. The van der Waals surface area contributed by atoms with Gasteiger partial charge in [-0.1, -0.05) is 44.2 Å². The Morgan fingerprint density at radius 2 is 1.51 bits per heavy atom. The maximum absolute atomic E-state index is 13.3. The summed E-state index contributed by atoms with van der Waals surface area (Å²) in [4.78, 5) is 13.2. The number of benzene rings is 3. The molecule has 1 aliphatic heterocycles. The van der Waals surface area contributed by atoms with E-state index in [0.717, 1.165) is 6.42 Å². The molecule has 0 amide bonds. The summed E-state index contributed by atoms with van der Waals surface area (Å²) in [6.07, 6.45) is 0.993. The highest BCUT2D eigenvalue weighted by Crippen LogP contribution is 2.27. The van der Waals surface area contributed by atoms with Crippen molar-refractivity contribution < 1.29 is 21.6 Å². The molecule has 1 N–H and O–H groups in total. The first-order valence-corrected chi connectivity index (χ1v) is 16.0. The third-order valence-electron chi connectivity index (χ3n) is 6.86. The van der Waals surface area contributed by atoms with E-state index in [1.807, 2.05) is 6.07 Å². The monoisotopic (exact) mass is 569 g/mol. The van der Waals surface area contributed by atoms with Gasteiger partial charge in [0.1, 0.15) is 0 Å². The lowest BCUT2D eigenvalue weighted by Crippen LogP contribution is -2.42. The predicted molar refractivity (Wildman–Crippen MR) is 154 cm³/mol. The first-order chi connectivity index (χ1) is 18.5. The maximum Gasteiger partial charge on any atom is 0.264 e. The molecule has 0 bridgehead atoms. The fourth-order valence-electron chi connectivity index (χ4n) is 5.02. The molecule has 4 rings (SSSR count). The van der Waals surface area contributed by atoms with E-state index in [2.05, 4.69) is 19.2 Å². The second-order valence-corrected chi connectivity index (χ2v) is 13.9. The standard InChI is InChI=1S/C29H35N3O5S2/c1-4-32(26-10-6-5-7-11-26)39(36,37)27-15-13-25(14-16-27)30-19-29(33)24-9-8-12-28(18-24)38(34,35)31-20-22(2)17-23(3)21-31/h5-16,18,22-23,30H,4,17,19-21H2,1-3H3. The van der Waals surface area contributed by atoms with Gasteiger partial charge in [-0.15, -0.1) is 0 Å². The van der Waals surface area contributed by atoms with Gasteiger partial charge in [-0.25, -0.2) is 16.8 Å². The molecule has 1 saturated heterocycles. The first kappa shape index (κ1) is 28.8. The fourth-order valence-corrected chi connectivity index (χ4v) is 8.22. The fraction of sp³-hybridized carbons (Fsp3) is 0.345. The van der Waals surface area contributed by atoms with Crippen LogP contribution in [0.25, 0.3) is 0 Å². The molecule has 39 heavy (non-hydrogen) atoms. The number of para-hydroxylation sites is 1. The Bertz CT molecular complexity index is 1500. The van der Waals surface area contributed by atoms with Crippen LogP contribution < -0.4 is 9.62 Å². The number of ketones is 1. The number of piperidine rings is 1. The van der Waals surface area contributed by atoms with Gasteiger partial charge in [0.15, 0.2) is 5.78 Å². The zero-order valence-electron chi connectivity index (χ0n) is 22.4. The Kier molecular flexibility index (Phi) is 8.78. The number of nitrogens with one attached hydrogen (secondary N) is 1. The van der Waals surface area contributed by atoms with Crippen molar-refractivity contribution in [2.45, 2.75) is 37.0 Å². The summed E-state index contributed by atoms with van der Waals surface area (Å²) >= 11 is 0. The van der Waals surface area contributed by atoms with Gasteiger partial charge < -0.3 is 5.32 Å². The van der Waals surface area contributed by atoms with Crippen molar-refractivity contribution in [3.05, 3.63) is 84.4 Å². The lowest BCUT2D eigenvalue weighted by molar-refractivity contribution is 0.101. The Labute approximate surface area is 231 Å². The van der Waals surface area contributed by atoms with Crippen LogP contribution in [0, 0.1) is 11.8 Å². The van der Waals surface area contributed by atoms with Crippen LogP contribution in [0.4, 0.5) is 11.4 Å². The van der Waals surface area contributed by atoms with Crippen LogP contribution in [0.2, 0.25) is 0 Å². The van der Waals surface area contributed by atoms with Gasteiger partial charge in [-0.05, 0) is 73.7 Å². The molecule has 2 unspecified atom stereocenters. The molecule has 10 heteroatoms. The summed E-state index contributed by atoms with van der Waals surface area (Å²) in [5.74, 6) is 0.287. The number of Topliss-reactive ketones (excluding diaryl/α,β-unsaturated/α-hetero) is 1. The molecule has 3 aromatic rings. The lowest BCUT2D eigenvalue weighted by Gasteiger charge is -2.34. The molecule has 8 nitrogen and oxygen atoms in total. The molecule has 3 aromatic carbocycles. The topological polar surface area (TPSA) is 104 Å². The Morgan fingerprint density at radius 3 is 2.13 bits per heavy atom. The van der Waals surface area contributed by atoms with Crippen LogP contribution in [0.3, 0.4) is 0 Å². The van der Waals surface area contributed by atoms with Crippen LogP contribution in [-0.4, -0.2) is 53.1 Å². The SMILES string of the molecule is CCN(c1ccccc1)S(=O)(=O)c1ccc(NCC(=O)c2cccc(S(=O)(=O)N3CC(C)CC(C)C3)c2)cc1. The van der Waals surface area contributed by atoms with Gasteiger partial charge in [0, 0.05) is 30.9 Å². The number of hydrogen-bond donors (Lipinski definition) is 1. The molecule has 0 aromatic heterocycles. The van der Waals surface area contributed by atoms with Crippen molar-refractivity contribution in [1.29, 1.82) is 0 Å². The normalized spacial score (nSPS) is 18.4. The van der Waals surface area contributed by atoms with E-state index in [0.29, 0.717) is 30.0 Å². The van der Waals surface area contributed by atoms with Gasteiger partial charge in [0.2, 0.25) is 10.0 Å². The van der Waals surface area contributed by atoms with Crippen LogP contribution in [0.15, 0.2) is 88.7 Å². The summed E-state index contributed by atoms with van der Waals surface area (Å²) in [6, 6.07) is 21.3. The van der Waals surface area contributed by atoms with Gasteiger partial charge in [-0.2, -0.15) is 4.31 Å². The van der Waals surface area contributed by atoms with Crippen LogP contribution >= 0.6 is 0 Å². The summed E-state index contributed by atoms with van der Waals surface area (Å²) < 4.78 is 55.7. The number of anilines is 2. The van der Waals surface area contributed by atoms with Crippen molar-refractivity contribution in [1.82, 2.24) is 4.31 Å². The zero-order chi connectivity index (χ0) is 28.2. The first-order valence-electron chi connectivity index (χ1n) is 13.1. The summed E-state index contributed by atoms with van der Waals surface area (Å²) in [5, 5.41) is 3.01. The van der Waals surface area contributed by atoms with E-state index >= 15 is 0 Å². The average molecular weight is 570 g/mol. The molecule has 208 valence electrons. The van der Waals surface area contributed by atoms with Gasteiger partial charge >= 0.3 is 0 Å². The van der Waals surface area contributed by atoms with Crippen molar-refractivity contribution in [2.24, 2.45) is 11.8 Å². The number of carbonyl (C=O) groups is 1. The van der Waals surface area contributed by atoms with E-state index in [-0.39, 0.29) is 40.5 Å². The van der Waals surface area contributed by atoms with E-state index in [1.165, 1.54) is 32.9 Å². The molecule has 1 aliphatic rings. The van der Waals surface area contributed by atoms with Crippen molar-refractivity contribution in [3.63, 3.8) is 0 Å². The smallest absolute Gasteiger partial charge is 0.264 e. The number of rotatable bonds is 10. The molecular weight excluding hydrogens is 534 g/mol. The highest BCUT2D eigenvalue weighted by molar-refractivity contribution is 7.92. The van der Waals surface area contributed by atoms with Gasteiger partial charge in [0.05, 0.1) is 22.0 Å². The van der Waals surface area contributed by atoms with Crippen LogP contribution in [-0.2, 0) is 20.0 Å². The predicted octanol–water partition coefficient (Wildman–Crippen LogP) is 4.86. The average Bonchev–Trinajstić information content (AvgIpc) is 2.92. The molecule has 1 heterocycles. The zero-order valence-corrected chi connectivity index (χ0v) is 24.1. The van der Waals surface area contributed by atoms with Crippen LogP contribution in [0.5, 0.6) is 0 Å². The van der Waals surface area contributed by atoms with Gasteiger partial charge in [-0.3, -0.25) is 9.10 Å². The number of nitrogens with zero attached hydrogens (tertiary/aromatic N) is 2. The largest absolute Gasteiger partial charge is 0.378 e. The van der Waals surface area contributed by atoms with Gasteiger partial charge in [0.25, 0.3) is 10.0 Å². The minimum absolute atomic E-state index is 0.0710. The van der Waals surface area contributed by atoms with E-state index < -0.39 is 20.0 Å². The molecule has 0 saturated carbocycles. The van der Waals surface area contributed by atoms with Crippen molar-refractivity contribution >= 4 is 37.2 Å². The Hall–Kier alpha value is -3.21. The van der Waals surface area contributed by atoms with Crippen molar-refractivity contribution in [3.8, 4) is 0 Å². The van der Waals surface area contributed by atoms with E-state index in [9.17, 15) is 21.6 Å². The quantitative estimate of drug-likeness (QED) is 0.350. The second-order valence-electron chi connectivity index (χ2n) is 10.1. The third-order valence-corrected chi connectivity index (χ3v) is 10.6.